The van der Waals surface area contributed by atoms with Crippen LogP contribution in [-0.2, 0) is 11.2 Å². The highest BCUT2D eigenvalue weighted by molar-refractivity contribution is 6.35. The Morgan fingerprint density at radius 1 is 1.33 bits per heavy atom. The average molecular weight is 331 g/mol. The molecular weight excluding hydrogens is 307 g/mol. The summed E-state index contributed by atoms with van der Waals surface area (Å²) in [5.74, 6) is 0.861. The van der Waals surface area contributed by atoms with E-state index in [-0.39, 0.29) is 11.8 Å². The number of hydrogen-bond donors (Lipinski definition) is 2. The van der Waals surface area contributed by atoms with E-state index in [1.165, 1.54) is 0 Å². The Balaban J connectivity index is 2.36. The van der Waals surface area contributed by atoms with Gasteiger partial charge in [-0.25, -0.2) is 0 Å². The number of halogens is 2. The third-order valence-corrected chi connectivity index (χ3v) is 3.93. The molecule has 0 spiro atoms. The first kappa shape index (κ1) is 18.3. The third-order valence-electron chi connectivity index (χ3n) is 3.34. The van der Waals surface area contributed by atoms with Crippen LogP contribution in [0.5, 0.6) is 0 Å². The quantitative estimate of drug-likeness (QED) is 0.764. The van der Waals surface area contributed by atoms with E-state index in [4.69, 9.17) is 28.9 Å². The summed E-state index contributed by atoms with van der Waals surface area (Å²) in [5, 5.41) is 4.18. The lowest BCUT2D eigenvalue weighted by molar-refractivity contribution is -0.122. The largest absolute Gasteiger partial charge is 0.356 e. The van der Waals surface area contributed by atoms with Crippen molar-refractivity contribution in [1.82, 2.24) is 5.32 Å². The lowest BCUT2D eigenvalue weighted by Crippen LogP contribution is -2.30. The van der Waals surface area contributed by atoms with Crippen molar-refractivity contribution < 1.29 is 4.79 Å². The van der Waals surface area contributed by atoms with Crippen LogP contribution in [0.3, 0.4) is 0 Å². The zero-order valence-electron chi connectivity index (χ0n) is 12.7. The molecule has 0 aliphatic rings. The van der Waals surface area contributed by atoms with E-state index >= 15 is 0 Å². The summed E-state index contributed by atoms with van der Waals surface area (Å²) in [5.41, 5.74) is 6.70. The molecule has 0 aromatic heterocycles. The van der Waals surface area contributed by atoms with Crippen LogP contribution in [0, 0.1) is 11.8 Å². The van der Waals surface area contributed by atoms with E-state index in [2.05, 4.69) is 19.2 Å². The molecule has 0 unspecified atom stereocenters. The van der Waals surface area contributed by atoms with Gasteiger partial charge in [0, 0.05) is 23.0 Å². The van der Waals surface area contributed by atoms with Crippen LogP contribution in [0.15, 0.2) is 18.2 Å². The first-order chi connectivity index (χ1) is 9.92. The van der Waals surface area contributed by atoms with E-state index in [9.17, 15) is 4.79 Å². The van der Waals surface area contributed by atoms with Gasteiger partial charge in [0.05, 0.1) is 0 Å². The van der Waals surface area contributed by atoms with Gasteiger partial charge in [0.25, 0.3) is 0 Å². The fourth-order valence-corrected chi connectivity index (χ4v) is 2.83. The minimum Gasteiger partial charge on any atom is -0.356 e. The molecule has 1 atom stereocenters. The molecule has 1 amide bonds. The van der Waals surface area contributed by atoms with Gasteiger partial charge in [0.2, 0.25) is 5.91 Å². The number of carbonyl (C=O) groups is 1. The zero-order valence-corrected chi connectivity index (χ0v) is 14.2. The molecule has 5 heteroatoms. The molecule has 0 heterocycles. The fraction of sp³-hybridized carbons (Fsp3) is 0.562. The van der Waals surface area contributed by atoms with Crippen LogP contribution in [0.2, 0.25) is 10.0 Å². The second-order valence-corrected chi connectivity index (χ2v) is 6.61. The van der Waals surface area contributed by atoms with Crippen LogP contribution in [0.25, 0.3) is 0 Å². The summed E-state index contributed by atoms with van der Waals surface area (Å²) in [6.07, 6.45) is 2.16. The molecule has 0 bridgehead atoms. The van der Waals surface area contributed by atoms with Crippen LogP contribution < -0.4 is 11.1 Å². The van der Waals surface area contributed by atoms with Crippen molar-refractivity contribution in [2.75, 3.05) is 13.1 Å². The maximum Gasteiger partial charge on any atom is 0.220 e. The van der Waals surface area contributed by atoms with Crippen LogP contribution in [0.4, 0.5) is 0 Å². The van der Waals surface area contributed by atoms with E-state index in [1.54, 1.807) is 12.1 Å². The summed E-state index contributed by atoms with van der Waals surface area (Å²) < 4.78 is 0. The molecule has 0 fully saturated rings. The monoisotopic (exact) mass is 330 g/mol. The zero-order chi connectivity index (χ0) is 15.8. The van der Waals surface area contributed by atoms with Gasteiger partial charge in [0.15, 0.2) is 0 Å². The van der Waals surface area contributed by atoms with Crippen LogP contribution >= 0.6 is 23.2 Å². The van der Waals surface area contributed by atoms with Crippen molar-refractivity contribution in [2.45, 2.75) is 33.1 Å². The number of hydrogen-bond acceptors (Lipinski definition) is 2. The van der Waals surface area contributed by atoms with E-state index in [1.807, 2.05) is 6.07 Å². The molecule has 0 radical (unpaired) electrons. The van der Waals surface area contributed by atoms with Gasteiger partial charge in [-0.15, -0.1) is 0 Å². The first-order valence-corrected chi connectivity index (χ1v) is 8.08. The van der Waals surface area contributed by atoms with Gasteiger partial charge in [-0.2, -0.15) is 0 Å². The van der Waals surface area contributed by atoms with Gasteiger partial charge in [-0.1, -0.05) is 43.1 Å². The predicted octanol–water partition coefficient (Wildman–Crippen LogP) is 3.66. The highest BCUT2D eigenvalue weighted by atomic mass is 35.5. The number of carbonyl (C=O) groups excluding carboxylic acids is 1. The number of nitrogens with one attached hydrogen (secondary N) is 1. The standard InChI is InChI=1S/C16H24Cl2N2O/c1-11(2)7-12(10-19)8-16(21)20-6-5-13-3-4-14(17)9-15(13)18/h3-4,9,11-12H,5-8,10,19H2,1-2H3,(H,20,21)/t12-/m0/s1. The Morgan fingerprint density at radius 3 is 2.62 bits per heavy atom. The highest BCUT2D eigenvalue weighted by Gasteiger charge is 2.13. The van der Waals surface area contributed by atoms with Crippen molar-refractivity contribution >= 4 is 29.1 Å². The normalized spacial score (nSPS) is 12.5. The topological polar surface area (TPSA) is 55.1 Å². The summed E-state index contributed by atoms with van der Waals surface area (Å²) in [6, 6.07) is 5.41. The molecule has 118 valence electrons. The summed E-state index contributed by atoms with van der Waals surface area (Å²) in [7, 11) is 0. The van der Waals surface area contributed by atoms with Gasteiger partial charge in [-0.3, -0.25) is 4.79 Å². The molecular formula is C16H24Cl2N2O. The molecule has 0 saturated heterocycles. The minimum atomic E-state index is 0.0520. The van der Waals surface area contributed by atoms with E-state index in [0.717, 1.165) is 12.0 Å². The minimum absolute atomic E-state index is 0.0520. The van der Waals surface area contributed by atoms with E-state index in [0.29, 0.717) is 41.9 Å². The Hall–Kier alpha value is -0.770. The second-order valence-electron chi connectivity index (χ2n) is 5.77. The molecule has 3 N–H and O–H groups in total. The number of benzene rings is 1. The van der Waals surface area contributed by atoms with Crippen LogP contribution in [-0.4, -0.2) is 19.0 Å². The summed E-state index contributed by atoms with van der Waals surface area (Å²) in [6.45, 7) is 5.40. The summed E-state index contributed by atoms with van der Waals surface area (Å²) in [4.78, 5) is 11.9. The lowest BCUT2D eigenvalue weighted by atomic mass is 9.94. The average Bonchev–Trinajstić information content (AvgIpc) is 2.40. The van der Waals surface area contributed by atoms with Crippen LogP contribution in [0.1, 0.15) is 32.3 Å². The van der Waals surface area contributed by atoms with Crippen molar-refractivity contribution in [1.29, 1.82) is 0 Å². The first-order valence-electron chi connectivity index (χ1n) is 7.33. The number of amides is 1. The van der Waals surface area contributed by atoms with Crippen molar-refractivity contribution in [3.63, 3.8) is 0 Å². The van der Waals surface area contributed by atoms with Gasteiger partial charge < -0.3 is 11.1 Å². The summed E-state index contributed by atoms with van der Waals surface area (Å²) >= 11 is 11.9. The van der Waals surface area contributed by atoms with E-state index < -0.39 is 0 Å². The number of nitrogens with two attached hydrogens (primary N) is 1. The Kier molecular flexibility index (Phi) is 8.09. The highest BCUT2D eigenvalue weighted by Crippen LogP contribution is 2.21. The Labute approximate surface area is 137 Å². The molecule has 3 nitrogen and oxygen atoms in total. The Morgan fingerprint density at radius 2 is 2.05 bits per heavy atom. The predicted molar refractivity (Wildman–Crippen MR) is 89.8 cm³/mol. The lowest BCUT2D eigenvalue weighted by Gasteiger charge is -2.16. The van der Waals surface area contributed by atoms with Gasteiger partial charge in [-0.05, 0) is 48.9 Å². The molecule has 1 aromatic rings. The molecule has 1 aromatic carbocycles. The molecule has 0 saturated carbocycles. The third kappa shape index (κ3) is 7.16. The maximum atomic E-state index is 11.9. The molecule has 0 aliphatic carbocycles. The van der Waals surface area contributed by atoms with Gasteiger partial charge >= 0.3 is 0 Å². The Bertz CT molecular complexity index is 464. The second kappa shape index (κ2) is 9.29. The smallest absolute Gasteiger partial charge is 0.220 e. The number of rotatable bonds is 8. The van der Waals surface area contributed by atoms with Gasteiger partial charge in [0.1, 0.15) is 0 Å². The van der Waals surface area contributed by atoms with Crippen molar-refractivity contribution in [3.05, 3.63) is 33.8 Å². The molecule has 0 aliphatic heterocycles. The molecule has 21 heavy (non-hydrogen) atoms. The van der Waals surface area contributed by atoms with Crippen molar-refractivity contribution in [2.24, 2.45) is 17.6 Å². The maximum absolute atomic E-state index is 11.9. The SMILES string of the molecule is CC(C)C[C@H](CN)CC(=O)NCCc1ccc(Cl)cc1Cl. The fourth-order valence-electron chi connectivity index (χ4n) is 2.32. The van der Waals surface area contributed by atoms with Crippen molar-refractivity contribution in [3.8, 4) is 0 Å². The molecule has 1 rings (SSSR count).